The highest BCUT2D eigenvalue weighted by Crippen LogP contribution is 2.40. The Morgan fingerprint density at radius 1 is 1.35 bits per heavy atom. The summed E-state index contributed by atoms with van der Waals surface area (Å²) in [6, 6.07) is 0. The van der Waals surface area contributed by atoms with Crippen LogP contribution >= 0.6 is 0 Å². The molecular weight excluding hydrogens is 268 g/mol. The predicted octanol–water partition coefficient (Wildman–Crippen LogP) is 4.30. The standard InChI is InChI=1S/C16H30O3Si/c1-12-10-13(11-15(17)18-5)8-9-14(12)19-20(6,7)16(2,3)4/h11-12,14H,8-10H2,1-7H3/t12-,14+/m1/s1. The van der Waals surface area contributed by atoms with Crippen molar-refractivity contribution >= 4 is 14.3 Å². The topological polar surface area (TPSA) is 35.5 Å². The van der Waals surface area contributed by atoms with E-state index in [1.165, 1.54) is 12.7 Å². The summed E-state index contributed by atoms with van der Waals surface area (Å²) in [5.41, 5.74) is 1.19. The number of carbonyl (C=O) groups excluding carboxylic acids is 1. The van der Waals surface area contributed by atoms with Crippen LogP contribution in [-0.2, 0) is 14.0 Å². The molecule has 2 atom stereocenters. The van der Waals surface area contributed by atoms with Gasteiger partial charge < -0.3 is 9.16 Å². The van der Waals surface area contributed by atoms with Crippen LogP contribution in [0.25, 0.3) is 0 Å². The monoisotopic (exact) mass is 298 g/mol. The summed E-state index contributed by atoms with van der Waals surface area (Å²) in [6.45, 7) is 13.7. The Hall–Kier alpha value is -0.613. The highest BCUT2D eigenvalue weighted by atomic mass is 28.4. The quantitative estimate of drug-likeness (QED) is 0.443. The number of hydrogen-bond donors (Lipinski definition) is 0. The van der Waals surface area contributed by atoms with E-state index >= 15 is 0 Å². The SMILES string of the molecule is COC(=O)C=C1CC[C@H](O[Si](C)(C)C(C)(C)C)[C@H](C)C1. The number of allylic oxidation sites excluding steroid dienone is 1. The fourth-order valence-electron chi connectivity index (χ4n) is 2.35. The van der Waals surface area contributed by atoms with Gasteiger partial charge in [-0.3, -0.25) is 0 Å². The molecule has 0 amide bonds. The Kier molecular flexibility index (Phi) is 5.61. The smallest absolute Gasteiger partial charge is 0.330 e. The molecule has 3 nitrogen and oxygen atoms in total. The summed E-state index contributed by atoms with van der Waals surface area (Å²) in [6.07, 6.45) is 4.87. The summed E-state index contributed by atoms with van der Waals surface area (Å²) < 4.78 is 11.2. The first-order chi connectivity index (χ1) is 9.06. The second kappa shape index (κ2) is 6.44. The van der Waals surface area contributed by atoms with Gasteiger partial charge in [-0.2, -0.15) is 0 Å². The molecule has 0 saturated heterocycles. The Morgan fingerprint density at radius 2 is 1.95 bits per heavy atom. The third kappa shape index (κ3) is 4.45. The average Bonchev–Trinajstić information content (AvgIpc) is 2.31. The van der Waals surface area contributed by atoms with Gasteiger partial charge in [0.25, 0.3) is 0 Å². The second-order valence-corrected chi connectivity index (χ2v) is 12.2. The second-order valence-electron chi connectivity index (χ2n) is 7.46. The van der Waals surface area contributed by atoms with Gasteiger partial charge in [0, 0.05) is 12.2 Å². The van der Waals surface area contributed by atoms with Crippen LogP contribution in [0.15, 0.2) is 11.6 Å². The van der Waals surface area contributed by atoms with Crippen LogP contribution < -0.4 is 0 Å². The van der Waals surface area contributed by atoms with Gasteiger partial charge in [0.2, 0.25) is 0 Å². The minimum atomic E-state index is -1.71. The molecule has 0 bridgehead atoms. The Bertz CT molecular complexity index is 380. The third-order valence-corrected chi connectivity index (χ3v) is 9.25. The van der Waals surface area contributed by atoms with Crippen LogP contribution in [0.1, 0.15) is 47.0 Å². The van der Waals surface area contributed by atoms with E-state index < -0.39 is 8.32 Å². The molecule has 0 aromatic rings. The Balaban J connectivity index is 2.66. The van der Waals surface area contributed by atoms with E-state index in [0.717, 1.165) is 19.3 Å². The molecule has 1 aliphatic carbocycles. The van der Waals surface area contributed by atoms with E-state index in [1.807, 2.05) is 0 Å². The lowest BCUT2D eigenvalue weighted by atomic mass is 9.84. The molecule has 1 fully saturated rings. The van der Waals surface area contributed by atoms with Crippen molar-refractivity contribution < 1.29 is 14.0 Å². The molecule has 0 radical (unpaired) electrons. The lowest BCUT2D eigenvalue weighted by Crippen LogP contribution is -2.46. The zero-order chi connectivity index (χ0) is 15.6. The maximum Gasteiger partial charge on any atom is 0.330 e. The van der Waals surface area contributed by atoms with Gasteiger partial charge in [0.1, 0.15) is 0 Å². The number of methoxy groups -OCH3 is 1. The molecule has 0 aromatic heterocycles. The van der Waals surface area contributed by atoms with Crippen molar-refractivity contribution in [1.29, 1.82) is 0 Å². The van der Waals surface area contributed by atoms with Gasteiger partial charge in [-0.25, -0.2) is 4.79 Å². The van der Waals surface area contributed by atoms with Gasteiger partial charge in [0.15, 0.2) is 8.32 Å². The van der Waals surface area contributed by atoms with Gasteiger partial charge in [-0.15, -0.1) is 0 Å². The third-order valence-electron chi connectivity index (χ3n) is 4.74. The largest absolute Gasteiger partial charge is 0.466 e. The van der Waals surface area contributed by atoms with Crippen LogP contribution in [-0.4, -0.2) is 27.5 Å². The van der Waals surface area contributed by atoms with Crippen LogP contribution in [0.5, 0.6) is 0 Å². The van der Waals surface area contributed by atoms with Crippen molar-refractivity contribution in [2.24, 2.45) is 5.92 Å². The zero-order valence-corrected chi connectivity index (χ0v) is 15.1. The predicted molar refractivity (Wildman–Crippen MR) is 85.2 cm³/mol. The molecule has 0 spiro atoms. The van der Waals surface area contributed by atoms with Gasteiger partial charge in [-0.1, -0.05) is 33.3 Å². The maximum absolute atomic E-state index is 11.3. The summed E-state index contributed by atoms with van der Waals surface area (Å²) in [5, 5.41) is 0.245. The number of carbonyl (C=O) groups is 1. The summed E-state index contributed by atoms with van der Waals surface area (Å²) in [5.74, 6) is 0.227. The van der Waals surface area contributed by atoms with Gasteiger partial charge >= 0.3 is 5.97 Å². The minimum absolute atomic E-state index is 0.240. The van der Waals surface area contributed by atoms with E-state index in [4.69, 9.17) is 9.16 Å². The zero-order valence-electron chi connectivity index (χ0n) is 14.1. The number of esters is 1. The molecule has 0 aromatic carbocycles. The summed E-state index contributed by atoms with van der Waals surface area (Å²) in [4.78, 5) is 11.3. The van der Waals surface area contributed by atoms with Crippen molar-refractivity contribution in [1.82, 2.24) is 0 Å². The first-order valence-corrected chi connectivity index (χ1v) is 10.4. The van der Waals surface area contributed by atoms with E-state index in [1.54, 1.807) is 6.08 Å². The van der Waals surface area contributed by atoms with Crippen molar-refractivity contribution in [3.05, 3.63) is 11.6 Å². The molecule has 0 unspecified atom stereocenters. The van der Waals surface area contributed by atoms with Crippen LogP contribution in [0.2, 0.25) is 18.1 Å². The highest BCUT2D eigenvalue weighted by molar-refractivity contribution is 6.74. The van der Waals surface area contributed by atoms with Crippen LogP contribution in [0.4, 0.5) is 0 Å². The number of ether oxygens (including phenoxy) is 1. The molecule has 116 valence electrons. The lowest BCUT2D eigenvalue weighted by molar-refractivity contribution is -0.134. The molecule has 0 aliphatic heterocycles. The fourth-order valence-corrected chi connectivity index (χ4v) is 3.81. The molecule has 20 heavy (non-hydrogen) atoms. The van der Waals surface area contributed by atoms with E-state index in [-0.39, 0.29) is 11.0 Å². The van der Waals surface area contributed by atoms with Crippen molar-refractivity contribution in [2.45, 2.75) is 71.2 Å². The molecule has 0 heterocycles. The Labute approximate surface area is 124 Å². The molecule has 4 heteroatoms. The lowest BCUT2D eigenvalue weighted by Gasteiger charge is -2.42. The summed E-state index contributed by atoms with van der Waals surface area (Å²) in [7, 11) is -0.280. The van der Waals surface area contributed by atoms with Crippen molar-refractivity contribution in [3.63, 3.8) is 0 Å². The normalized spacial score (nSPS) is 26.6. The van der Waals surface area contributed by atoms with Gasteiger partial charge in [0.05, 0.1) is 7.11 Å². The van der Waals surface area contributed by atoms with E-state index in [9.17, 15) is 4.79 Å². The summed E-state index contributed by atoms with van der Waals surface area (Å²) >= 11 is 0. The molecule has 1 rings (SSSR count). The molecular formula is C16H30O3Si. The maximum atomic E-state index is 11.3. The molecule has 1 aliphatic rings. The van der Waals surface area contributed by atoms with E-state index in [2.05, 4.69) is 40.8 Å². The van der Waals surface area contributed by atoms with Gasteiger partial charge in [-0.05, 0) is 43.3 Å². The average molecular weight is 298 g/mol. The first-order valence-electron chi connectivity index (χ1n) is 7.52. The van der Waals surface area contributed by atoms with E-state index in [0.29, 0.717) is 12.0 Å². The van der Waals surface area contributed by atoms with Crippen molar-refractivity contribution in [3.8, 4) is 0 Å². The van der Waals surface area contributed by atoms with Crippen molar-refractivity contribution in [2.75, 3.05) is 7.11 Å². The molecule has 1 saturated carbocycles. The minimum Gasteiger partial charge on any atom is -0.466 e. The fraction of sp³-hybridized carbons (Fsp3) is 0.812. The van der Waals surface area contributed by atoms with Crippen LogP contribution in [0, 0.1) is 5.92 Å². The molecule has 0 N–H and O–H groups in total. The van der Waals surface area contributed by atoms with Crippen LogP contribution in [0.3, 0.4) is 0 Å². The Morgan fingerprint density at radius 3 is 2.40 bits per heavy atom. The number of rotatable bonds is 3. The number of hydrogen-bond acceptors (Lipinski definition) is 3. The highest BCUT2D eigenvalue weighted by Gasteiger charge is 2.40. The first kappa shape index (κ1) is 17.4.